The predicted octanol–water partition coefficient (Wildman–Crippen LogP) is -5.99. The Morgan fingerprint density at radius 1 is 1.15 bits per heavy atom. The van der Waals surface area contributed by atoms with Crippen molar-refractivity contribution in [3.8, 4) is 0 Å². The van der Waals surface area contributed by atoms with Crippen molar-refractivity contribution in [1.29, 1.82) is 0 Å². The summed E-state index contributed by atoms with van der Waals surface area (Å²) in [6.07, 6.45) is 0.853. The van der Waals surface area contributed by atoms with E-state index in [1.807, 2.05) is 0 Å². The number of aliphatic imine (C=N–C) groups is 1. The van der Waals surface area contributed by atoms with Crippen LogP contribution in [-0.4, -0.2) is 24.5 Å². The summed E-state index contributed by atoms with van der Waals surface area (Å²) in [4.78, 5) is 13.8. The third-order valence-corrected chi connectivity index (χ3v) is 1.27. The first-order valence-electron chi connectivity index (χ1n) is 4.17. The number of nitrogens with zero attached hydrogens (tertiary/aromatic N) is 1. The van der Waals surface area contributed by atoms with Gasteiger partial charge in [-0.25, -0.2) is 0 Å². The first-order chi connectivity index (χ1) is 8.54. The van der Waals surface area contributed by atoms with Gasteiger partial charge in [-0.2, -0.15) is 0 Å². The zero-order valence-corrected chi connectivity index (χ0v) is 12.6. The van der Waals surface area contributed by atoms with Crippen molar-refractivity contribution in [2.45, 2.75) is 18.9 Å². The topological polar surface area (TPSA) is 190 Å². The van der Waals surface area contributed by atoms with Gasteiger partial charge >= 0.3 is 53.4 Å². The van der Waals surface area contributed by atoms with Gasteiger partial charge in [0.15, 0.2) is 5.96 Å². The molecule has 9 nitrogen and oxygen atoms in total. The number of carboxylic acids is 1. The van der Waals surface area contributed by atoms with Crippen LogP contribution in [-0.2, 0) is 38.2 Å². The van der Waals surface area contributed by atoms with Crippen LogP contribution >= 0.6 is 0 Å². The Kier molecular flexibility index (Phi) is 65.6. The fourth-order valence-electron chi connectivity index (χ4n) is 0.637. The number of carbonyl (C=O) groups is 1. The van der Waals surface area contributed by atoms with Crippen LogP contribution in [0.15, 0.2) is 4.99 Å². The number of hydrogen-bond acceptors (Lipinski definition) is 4. The Morgan fingerprint density at radius 2 is 1.50 bits per heavy atom. The molecule has 0 saturated heterocycles. The van der Waals surface area contributed by atoms with Gasteiger partial charge in [-0.05, 0) is 12.8 Å². The summed E-state index contributed by atoms with van der Waals surface area (Å²) < 4.78 is 22.5. The molecule has 0 aromatic carbocycles. The molecule has 1 atom stereocenters. The average Bonchev–Trinajstić information content (AvgIpc) is 2.41. The molecule has 0 fully saturated rings. The van der Waals surface area contributed by atoms with Crippen molar-refractivity contribution >= 4 is 11.9 Å². The van der Waals surface area contributed by atoms with Crippen molar-refractivity contribution in [3.05, 3.63) is 20.0 Å². The van der Waals surface area contributed by atoms with E-state index < -0.39 is 12.0 Å². The molecule has 0 heterocycles. The molecule has 6 N–H and O–H groups in total. The number of hydrogen-bond donors (Lipinski definition) is 3. The Balaban J connectivity index is -0.0000000540. The van der Waals surface area contributed by atoms with E-state index in [1.165, 1.54) is 0 Å². The maximum absolute atomic E-state index is 10.1. The van der Waals surface area contributed by atoms with Crippen LogP contribution in [0.4, 0.5) is 0 Å². The molecule has 0 amide bonds. The Bertz CT molecular complexity index is 278. The van der Waals surface area contributed by atoms with Crippen LogP contribution in [0.2, 0.25) is 0 Å². The average molecular weight is 394 g/mol. The molecule has 0 rings (SSSR count). The number of rotatable bonds is 5. The van der Waals surface area contributed by atoms with E-state index in [0.29, 0.717) is 19.4 Å². The van der Waals surface area contributed by atoms with Crippen molar-refractivity contribution in [1.82, 2.24) is 0 Å². The van der Waals surface area contributed by atoms with Gasteiger partial charge in [0.1, 0.15) is 0 Å². The van der Waals surface area contributed by atoms with Crippen LogP contribution in [0.25, 0.3) is 0 Å². The van der Waals surface area contributed by atoms with Gasteiger partial charge in [0.2, 0.25) is 0 Å². The minimum atomic E-state index is -1.25. The van der Waals surface area contributed by atoms with E-state index in [4.69, 9.17) is 31.2 Å². The Labute approximate surface area is 135 Å². The van der Waals surface area contributed by atoms with Gasteiger partial charge in [0.25, 0.3) is 0 Å². The minimum Gasteiger partial charge on any atom is -1.00 e. The molecule has 0 spiro atoms. The smallest absolute Gasteiger partial charge is 1.00 e. The van der Waals surface area contributed by atoms with Crippen LogP contribution in [0.5, 0.6) is 0 Å². The molecule has 0 saturated carbocycles. The molecule has 0 aromatic heterocycles. The van der Waals surface area contributed by atoms with Crippen LogP contribution in [0.3, 0.4) is 0 Å². The molecule has 0 aromatic rings. The monoisotopic (exact) mass is 394 g/mol. The Hall–Kier alpha value is -1.17. The first-order valence-corrected chi connectivity index (χ1v) is 4.17. The van der Waals surface area contributed by atoms with E-state index in [9.17, 15) is 9.90 Å². The molecule has 0 bridgehead atoms. The fourth-order valence-corrected chi connectivity index (χ4v) is 0.637. The second-order valence-corrected chi connectivity index (χ2v) is 2.37. The van der Waals surface area contributed by atoms with Gasteiger partial charge < -0.3 is 39.5 Å². The number of carboxylic acid groups (broad SMARTS) is 1. The van der Waals surface area contributed by atoms with Crippen molar-refractivity contribution in [2.75, 3.05) is 6.54 Å². The fraction of sp³-hybridized carbons (Fsp3) is 0.444. The Morgan fingerprint density at radius 3 is 1.75 bits per heavy atom. The van der Waals surface area contributed by atoms with E-state index in [2.05, 4.69) is 24.9 Å². The SMILES string of the molecule is NC(N)=NCCC[C@H](N)C(=O)[O-].[C-]#[O+].[C-]#[O+].[C-]#[O+].[Cl-].[Ru+2]. The molecule has 20 heavy (non-hydrogen) atoms. The maximum atomic E-state index is 10.1. The predicted molar refractivity (Wildman–Crippen MR) is 54.7 cm³/mol. The van der Waals surface area contributed by atoms with Crippen LogP contribution < -0.4 is 34.7 Å². The number of guanidine groups is 1. The molecule has 0 aliphatic rings. The van der Waals surface area contributed by atoms with E-state index in [1.54, 1.807) is 0 Å². The summed E-state index contributed by atoms with van der Waals surface area (Å²) >= 11 is 0. The van der Waals surface area contributed by atoms with Crippen LogP contribution in [0, 0.1) is 20.0 Å². The molecule has 0 aliphatic heterocycles. The zero-order chi connectivity index (χ0) is 15.6. The number of aliphatic carboxylic acids is 1. The minimum absolute atomic E-state index is 0. The summed E-state index contributed by atoms with van der Waals surface area (Å²) in [5.74, 6) is -1.25. The van der Waals surface area contributed by atoms with E-state index >= 15 is 0 Å². The molecule has 11 heteroatoms. The quantitative estimate of drug-likeness (QED) is 0.104. The summed E-state index contributed by atoms with van der Waals surface area (Å²) in [5, 5.41) is 10.1. The summed E-state index contributed by atoms with van der Waals surface area (Å²) in [5.41, 5.74) is 15.2. The summed E-state index contributed by atoms with van der Waals surface area (Å²) in [6.45, 7) is 13.9. The molecule has 0 radical (unpaired) electrons. The van der Waals surface area contributed by atoms with Gasteiger partial charge in [-0.15, -0.1) is 0 Å². The second kappa shape index (κ2) is 36.1. The van der Waals surface area contributed by atoms with Crippen LogP contribution in [0.1, 0.15) is 12.8 Å². The zero-order valence-electron chi connectivity index (χ0n) is 10.2. The van der Waals surface area contributed by atoms with Gasteiger partial charge in [0.05, 0.1) is 5.97 Å². The third kappa shape index (κ3) is 43.6. The molecule has 0 aliphatic carbocycles. The number of nitrogens with two attached hydrogens (primary N) is 3. The largest absolute Gasteiger partial charge is 2.00 e. The molecule has 0 unspecified atom stereocenters. The summed E-state index contributed by atoms with van der Waals surface area (Å²) in [6, 6.07) is -0.931. The third-order valence-electron chi connectivity index (χ3n) is 1.27. The van der Waals surface area contributed by atoms with Gasteiger partial charge in [-0.1, -0.05) is 0 Å². The standard InChI is InChI=1S/C6H14N4O2.3CO.ClH.Ru/c7-4(5(11)12)2-1-3-10-6(8)9;3*1-2;;/h4H,1-3,7H2,(H,11,12)(H4,8,9,10);;;;1H;/q;;;;;+2/p-2/t4-;;;;;/m0...../s1. The second-order valence-electron chi connectivity index (χ2n) is 2.37. The van der Waals surface area contributed by atoms with Gasteiger partial charge in [0, 0.05) is 12.6 Å². The van der Waals surface area contributed by atoms with Crippen molar-refractivity contribution < 1.29 is 55.7 Å². The first kappa shape index (κ1) is 36.4. The van der Waals surface area contributed by atoms with Crippen molar-refractivity contribution in [2.24, 2.45) is 22.2 Å². The normalized spacial score (nSPS) is 7.55. The molecular formula is C9H13ClN4O5Ru. The maximum Gasteiger partial charge on any atom is 2.00 e. The van der Waals surface area contributed by atoms with Gasteiger partial charge in [-0.3, -0.25) is 4.99 Å². The van der Waals surface area contributed by atoms with E-state index in [0.717, 1.165) is 0 Å². The number of carbonyl (C=O) groups excluding carboxylic acids is 1. The number of halogens is 1. The molecule has 114 valence electrons. The summed E-state index contributed by atoms with van der Waals surface area (Å²) in [7, 11) is 0. The van der Waals surface area contributed by atoms with Crippen molar-refractivity contribution in [3.63, 3.8) is 0 Å². The van der Waals surface area contributed by atoms with E-state index in [-0.39, 0.29) is 37.8 Å². The molecular weight excluding hydrogens is 381 g/mol.